The lowest BCUT2D eigenvalue weighted by Gasteiger charge is -2.41. The van der Waals surface area contributed by atoms with Gasteiger partial charge in [0.25, 0.3) is 0 Å². The molecule has 1 saturated heterocycles. The van der Waals surface area contributed by atoms with Gasteiger partial charge in [0.15, 0.2) is 0 Å². The highest BCUT2D eigenvalue weighted by Crippen LogP contribution is 2.28. The molecule has 2 N–H and O–H groups in total. The van der Waals surface area contributed by atoms with Gasteiger partial charge in [-0.3, -0.25) is 0 Å². The molecule has 2 aliphatic rings. The molecule has 6 heteroatoms. The van der Waals surface area contributed by atoms with Crippen LogP contribution in [0.15, 0.2) is 24.3 Å². The SMILES string of the molecule is CN(C)CCNC(=O)Nc1ccc(OC2CCN(C3CCC3)CC2)cc1. The van der Waals surface area contributed by atoms with E-state index in [-0.39, 0.29) is 6.03 Å². The molecule has 2 amide bonds. The maximum atomic E-state index is 11.8. The van der Waals surface area contributed by atoms with Crippen LogP contribution in [0.3, 0.4) is 0 Å². The highest BCUT2D eigenvalue weighted by atomic mass is 16.5. The fourth-order valence-corrected chi connectivity index (χ4v) is 3.49. The third-order valence-corrected chi connectivity index (χ3v) is 5.33. The minimum Gasteiger partial charge on any atom is -0.490 e. The molecule has 0 aromatic heterocycles. The number of benzene rings is 1. The lowest BCUT2D eigenvalue weighted by Crippen LogP contribution is -2.46. The Balaban J connectivity index is 1.38. The van der Waals surface area contributed by atoms with Crippen LogP contribution in [-0.4, -0.2) is 68.3 Å². The average Bonchev–Trinajstić information content (AvgIpc) is 2.56. The summed E-state index contributed by atoms with van der Waals surface area (Å²) in [5.74, 6) is 0.880. The van der Waals surface area contributed by atoms with Gasteiger partial charge in [-0.1, -0.05) is 6.42 Å². The van der Waals surface area contributed by atoms with Crippen molar-refractivity contribution in [1.82, 2.24) is 15.1 Å². The fourth-order valence-electron chi connectivity index (χ4n) is 3.49. The highest BCUT2D eigenvalue weighted by Gasteiger charge is 2.29. The first kappa shape index (κ1) is 19.0. The van der Waals surface area contributed by atoms with Crippen LogP contribution >= 0.6 is 0 Å². The Morgan fingerprint density at radius 3 is 2.42 bits per heavy atom. The van der Waals surface area contributed by atoms with Crippen molar-refractivity contribution >= 4 is 11.7 Å². The van der Waals surface area contributed by atoms with Gasteiger partial charge in [0.05, 0.1) is 0 Å². The van der Waals surface area contributed by atoms with Gasteiger partial charge >= 0.3 is 6.03 Å². The van der Waals surface area contributed by atoms with Crippen LogP contribution < -0.4 is 15.4 Å². The van der Waals surface area contributed by atoms with Gasteiger partial charge in [-0.25, -0.2) is 4.79 Å². The highest BCUT2D eigenvalue weighted by molar-refractivity contribution is 5.89. The van der Waals surface area contributed by atoms with Crippen LogP contribution in [0.5, 0.6) is 5.75 Å². The zero-order valence-electron chi connectivity index (χ0n) is 16.0. The lowest BCUT2D eigenvalue weighted by atomic mass is 9.90. The number of piperidine rings is 1. The molecule has 1 aliphatic heterocycles. The molecule has 1 heterocycles. The summed E-state index contributed by atoms with van der Waals surface area (Å²) < 4.78 is 6.13. The van der Waals surface area contributed by atoms with Gasteiger partial charge in [0.2, 0.25) is 0 Å². The van der Waals surface area contributed by atoms with Crippen LogP contribution in [0, 0.1) is 0 Å². The van der Waals surface area contributed by atoms with Crippen molar-refractivity contribution in [2.24, 2.45) is 0 Å². The topological polar surface area (TPSA) is 56.8 Å². The second-order valence-electron chi connectivity index (χ2n) is 7.65. The maximum absolute atomic E-state index is 11.8. The number of ether oxygens (including phenoxy) is 1. The summed E-state index contributed by atoms with van der Waals surface area (Å²) in [6.07, 6.45) is 6.66. The number of hydrogen-bond donors (Lipinski definition) is 2. The van der Waals surface area contributed by atoms with E-state index in [1.54, 1.807) is 0 Å². The molecule has 0 radical (unpaired) electrons. The fraction of sp³-hybridized carbons (Fsp3) is 0.650. The van der Waals surface area contributed by atoms with E-state index in [2.05, 4.69) is 15.5 Å². The first-order valence-corrected chi connectivity index (χ1v) is 9.80. The molecule has 0 spiro atoms. The maximum Gasteiger partial charge on any atom is 0.319 e. The first-order valence-electron chi connectivity index (χ1n) is 9.80. The molecule has 1 aromatic carbocycles. The van der Waals surface area contributed by atoms with Crippen LogP contribution in [-0.2, 0) is 0 Å². The number of likely N-dealkylation sites (tertiary alicyclic amines) is 1. The Kier molecular flexibility index (Phi) is 6.74. The zero-order valence-corrected chi connectivity index (χ0v) is 16.0. The van der Waals surface area contributed by atoms with Gasteiger partial charge in [-0.15, -0.1) is 0 Å². The second kappa shape index (κ2) is 9.24. The van der Waals surface area contributed by atoms with Crippen LogP contribution in [0.2, 0.25) is 0 Å². The quantitative estimate of drug-likeness (QED) is 0.785. The van der Waals surface area contributed by atoms with E-state index < -0.39 is 0 Å². The van der Waals surface area contributed by atoms with E-state index in [0.717, 1.165) is 50.0 Å². The van der Waals surface area contributed by atoms with Crippen LogP contribution in [0.1, 0.15) is 32.1 Å². The van der Waals surface area contributed by atoms with Gasteiger partial charge in [-0.2, -0.15) is 0 Å². The van der Waals surface area contributed by atoms with Crippen molar-refractivity contribution in [2.75, 3.05) is 45.6 Å². The molecular weight excluding hydrogens is 328 g/mol. The van der Waals surface area contributed by atoms with E-state index in [9.17, 15) is 4.79 Å². The minimum absolute atomic E-state index is 0.177. The van der Waals surface area contributed by atoms with Crippen molar-refractivity contribution in [2.45, 2.75) is 44.2 Å². The Morgan fingerprint density at radius 1 is 1.15 bits per heavy atom. The number of rotatable bonds is 7. The van der Waals surface area contributed by atoms with E-state index in [0.29, 0.717) is 12.6 Å². The minimum atomic E-state index is -0.177. The molecule has 1 aromatic rings. The molecule has 0 bridgehead atoms. The molecule has 26 heavy (non-hydrogen) atoms. The molecular formula is C20H32N4O2. The average molecular weight is 361 g/mol. The smallest absolute Gasteiger partial charge is 0.319 e. The van der Waals surface area contributed by atoms with Crippen LogP contribution in [0.4, 0.5) is 10.5 Å². The number of carbonyl (C=O) groups is 1. The molecule has 3 rings (SSSR count). The van der Waals surface area contributed by atoms with Crippen molar-refractivity contribution in [3.05, 3.63) is 24.3 Å². The summed E-state index contributed by atoms with van der Waals surface area (Å²) in [6.45, 7) is 3.75. The van der Waals surface area contributed by atoms with E-state index in [1.807, 2.05) is 43.3 Å². The molecule has 1 aliphatic carbocycles. The third kappa shape index (κ3) is 5.61. The summed E-state index contributed by atoms with van der Waals surface area (Å²) in [7, 11) is 3.96. The van der Waals surface area contributed by atoms with Crippen LogP contribution in [0.25, 0.3) is 0 Å². The van der Waals surface area contributed by atoms with Gasteiger partial charge in [0.1, 0.15) is 11.9 Å². The van der Waals surface area contributed by atoms with Crippen molar-refractivity contribution < 1.29 is 9.53 Å². The van der Waals surface area contributed by atoms with E-state index in [1.165, 1.54) is 19.3 Å². The number of anilines is 1. The Labute approximate surface area is 156 Å². The summed E-state index contributed by atoms with van der Waals surface area (Å²) in [4.78, 5) is 16.5. The number of amides is 2. The van der Waals surface area contributed by atoms with Crippen molar-refractivity contribution in [1.29, 1.82) is 0 Å². The van der Waals surface area contributed by atoms with E-state index >= 15 is 0 Å². The Bertz CT molecular complexity index is 564. The van der Waals surface area contributed by atoms with E-state index in [4.69, 9.17) is 4.74 Å². The molecule has 6 nitrogen and oxygen atoms in total. The zero-order chi connectivity index (χ0) is 18.4. The van der Waals surface area contributed by atoms with Gasteiger partial charge < -0.3 is 25.2 Å². The summed E-state index contributed by atoms with van der Waals surface area (Å²) in [6, 6.07) is 8.32. The van der Waals surface area contributed by atoms with Gasteiger partial charge in [-0.05, 0) is 64.0 Å². The predicted octanol–water partition coefficient (Wildman–Crippen LogP) is 2.77. The number of likely N-dealkylation sites (N-methyl/N-ethyl adjacent to an activating group) is 1. The molecule has 0 unspecified atom stereocenters. The predicted molar refractivity (Wildman–Crippen MR) is 105 cm³/mol. The second-order valence-corrected chi connectivity index (χ2v) is 7.65. The first-order chi connectivity index (χ1) is 12.6. The number of urea groups is 1. The third-order valence-electron chi connectivity index (χ3n) is 5.33. The standard InChI is InChI=1S/C20H32N4O2/c1-23(2)15-12-21-20(25)22-16-6-8-18(9-7-16)26-19-10-13-24(14-11-19)17-4-3-5-17/h6-9,17,19H,3-5,10-15H2,1-2H3,(H2,21,22,25). The largest absolute Gasteiger partial charge is 0.490 e. The Morgan fingerprint density at radius 2 is 1.85 bits per heavy atom. The molecule has 144 valence electrons. The molecule has 0 atom stereocenters. The number of hydrogen-bond acceptors (Lipinski definition) is 4. The van der Waals surface area contributed by atoms with Crippen molar-refractivity contribution in [3.8, 4) is 5.75 Å². The molecule has 2 fully saturated rings. The number of carbonyl (C=O) groups excluding carboxylic acids is 1. The number of nitrogens with one attached hydrogen (secondary N) is 2. The Hall–Kier alpha value is -1.79. The number of nitrogens with zero attached hydrogens (tertiary/aromatic N) is 2. The summed E-state index contributed by atoms with van der Waals surface area (Å²) in [5, 5.41) is 5.68. The normalized spacial score (nSPS) is 19.2. The van der Waals surface area contributed by atoms with Gasteiger partial charge in [0, 0.05) is 37.9 Å². The molecule has 1 saturated carbocycles. The van der Waals surface area contributed by atoms with Crippen molar-refractivity contribution in [3.63, 3.8) is 0 Å². The summed E-state index contributed by atoms with van der Waals surface area (Å²) in [5.41, 5.74) is 0.777. The summed E-state index contributed by atoms with van der Waals surface area (Å²) >= 11 is 0. The lowest BCUT2D eigenvalue weighted by molar-refractivity contribution is 0.0493. The monoisotopic (exact) mass is 360 g/mol.